The molecule has 1 aromatic rings. The average Bonchev–Trinajstić information content (AvgIpc) is 2.45. The molecule has 0 radical (unpaired) electrons. The molecule has 6 heteroatoms. The van der Waals surface area contributed by atoms with Crippen molar-refractivity contribution in [3.63, 3.8) is 0 Å². The lowest BCUT2D eigenvalue weighted by Crippen LogP contribution is -2.11. The molecule has 1 rings (SSSR count). The van der Waals surface area contributed by atoms with E-state index >= 15 is 0 Å². The second-order valence-electron chi connectivity index (χ2n) is 2.59. The molecule has 0 aliphatic rings. The number of esters is 1. The van der Waals surface area contributed by atoms with Gasteiger partial charge >= 0.3 is 12.1 Å². The molecule has 0 unspecified atom stereocenters. The molecule has 0 atom stereocenters. The smallest absolute Gasteiger partial charge is 0.450 e. The molecular formula is C8H7F3O3. The fourth-order valence-electron chi connectivity index (χ4n) is 0.986. The predicted molar refractivity (Wildman–Crippen MR) is 39.8 cm³/mol. The van der Waals surface area contributed by atoms with Gasteiger partial charge in [0.1, 0.15) is 11.3 Å². The monoisotopic (exact) mass is 208 g/mol. The normalized spacial score (nSPS) is 11.5. The Morgan fingerprint density at radius 3 is 2.50 bits per heavy atom. The number of alkyl halides is 3. The highest BCUT2D eigenvalue weighted by molar-refractivity contribution is 5.90. The number of methoxy groups -OCH3 is 1. The van der Waals surface area contributed by atoms with E-state index < -0.39 is 23.5 Å². The minimum atomic E-state index is -4.68. The summed E-state index contributed by atoms with van der Waals surface area (Å²) in [4.78, 5) is 10.9. The van der Waals surface area contributed by atoms with Crippen molar-refractivity contribution in [1.29, 1.82) is 0 Å². The fourth-order valence-corrected chi connectivity index (χ4v) is 0.986. The van der Waals surface area contributed by atoms with E-state index in [0.29, 0.717) is 0 Å². The van der Waals surface area contributed by atoms with Crippen molar-refractivity contribution in [1.82, 2.24) is 0 Å². The summed E-state index contributed by atoms with van der Waals surface area (Å²) in [6.45, 7) is 1.32. The lowest BCUT2D eigenvalue weighted by Gasteiger charge is -2.04. The molecule has 0 aliphatic carbocycles. The summed E-state index contributed by atoms with van der Waals surface area (Å²) in [6.07, 6.45) is -4.68. The highest BCUT2D eigenvalue weighted by Crippen LogP contribution is 2.34. The predicted octanol–water partition coefficient (Wildman–Crippen LogP) is 2.39. The number of aryl methyl sites for hydroxylation is 1. The van der Waals surface area contributed by atoms with E-state index in [9.17, 15) is 18.0 Å². The Bertz CT molecular complexity index is 351. The summed E-state index contributed by atoms with van der Waals surface area (Å²) in [5, 5.41) is 0. The summed E-state index contributed by atoms with van der Waals surface area (Å²) in [7, 11) is 1.00. The van der Waals surface area contributed by atoms with Gasteiger partial charge in [0.2, 0.25) is 5.76 Å². The first-order valence-electron chi connectivity index (χ1n) is 3.62. The van der Waals surface area contributed by atoms with Gasteiger partial charge in [0.25, 0.3) is 0 Å². The largest absolute Gasteiger partial charge is 0.465 e. The van der Waals surface area contributed by atoms with Gasteiger partial charge in [0, 0.05) is 0 Å². The van der Waals surface area contributed by atoms with E-state index in [-0.39, 0.29) is 5.76 Å². The molecule has 0 saturated carbocycles. The Morgan fingerprint density at radius 2 is 2.07 bits per heavy atom. The molecule has 0 fully saturated rings. The number of carbonyl (C=O) groups excluding carboxylic acids is 1. The fraction of sp³-hybridized carbons (Fsp3) is 0.375. The molecule has 0 N–H and O–H groups in total. The number of halogens is 3. The Kier molecular flexibility index (Phi) is 2.55. The number of ether oxygens (including phenoxy) is 1. The third-order valence-corrected chi connectivity index (χ3v) is 1.52. The zero-order valence-corrected chi connectivity index (χ0v) is 7.44. The maximum atomic E-state index is 12.3. The van der Waals surface area contributed by atoms with Gasteiger partial charge in [0.15, 0.2) is 0 Å². The van der Waals surface area contributed by atoms with Crippen LogP contribution in [0.2, 0.25) is 0 Å². The molecule has 1 aromatic heterocycles. The van der Waals surface area contributed by atoms with E-state index in [4.69, 9.17) is 0 Å². The first-order valence-corrected chi connectivity index (χ1v) is 3.62. The number of hydrogen-bond donors (Lipinski definition) is 0. The third kappa shape index (κ3) is 1.89. The molecule has 0 aromatic carbocycles. The molecule has 1 heterocycles. The highest BCUT2D eigenvalue weighted by atomic mass is 19.4. The summed E-state index contributed by atoms with van der Waals surface area (Å²) < 4.78 is 45.3. The molecule has 0 saturated heterocycles. The molecular weight excluding hydrogens is 201 g/mol. The molecule has 0 bridgehead atoms. The van der Waals surface area contributed by atoms with Crippen molar-refractivity contribution in [3.05, 3.63) is 23.2 Å². The van der Waals surface area contributed by atoms with Crippen LogP contribution in [0, 0.1) is 6.92 Å². The highest BCUT2D eigenvalue weighted by Gasteiger charge is 2.40. The number of rotatable bonds is 1. The standard InChI is InChI=1S/C8H7F3O3/c1-4-3-5(7(12)13-2)6(14-4)8(9,10)11/h3H,1-2H3. The van der Waals surface area contributed by atoms with Crippen LogP contribution in [-0.2, 0) is 10.9 Å². The van der Waals surface area contributed by atoms with E-state index in [0.717, 1.165) is 13.2 Å². The minimum Gasteiger partial charge on any atom is -0.465 e. The summed E-state index contributed by atoms with van der Waals surface area (Å²) in [6, 6.07) is 0.995. The van der Waals surface area contributed by atoms with Crippen molar-refractivity contribution in [2.75, 3.05) is 7.11 Å². The average molecular weight is 208 g/mol. The lowest BCUT2D eigenvalue weighted by molar-refractivity contribution is -0.153. The Morgan fingerprint density at radius 1 is 1.50 bits per heavy atom. The van der Waals surface area contributed by atoms with Crippen LogP contribution in [0.5, 0.6) is 0 Å². The molecule has 0 amide bonds. The summed E-state index contributed by atoms with van der Waals surface area (Å²) in [5.74, 6) is -2.37. The van der Waals surface area contributed by atoms with Crippen molar-refractivity contribution >= 4 is 5.97 Å². The summed E-state index contributed by atoms with van der Waals surface area (Å²) >= 11 is 0. The third-order valence-electron chi connectivity index (χ3n) is 1.52. The minimum absolute atomic E-state index is 0.0118. The molecule has 0 aliphatic heterocycles. The van der Waals surface area contributed by atoms with E-state index in [2.05, 4.69) is 9.15 Å². The quantitative estimate of drug-likeness (QED) is 0.665. The van der Waals surface area contributed by atoms with Crippen LogP contribution >= 0.6 is 0 Å². The Labute approximate surface area is 77.5 Å². The first kappa shape index (κ1) is 10.6. The Balaban J connectivity index is 3.23. The second kappa shape index (κ2) is 3.36. The summed E-state index contributed by atoms with van der Waals surface area (Å²) in [5.41, 5.74) is -0.600. The zero-order chi connectivity index (χ0) is 10.9. The molecule has 3 nitrogen and oxygen atoms in total. The van der Waals surface area contributed by atoms with Crippen molar-refractivity contribution in [3.8, 4) is 0 Å². The molecule has 78 valence electrons. The van der Waals surface area contributed by atoms with Crippen LogP contribution in [0.4, 0.5) is 13.2 Å². The maximum Gasteiger partial charge on any atom is 0.450 e. The van der Waals surface area contributed by atoms with Crippen molar-refractivity contribution < 1.29 is 27.1 Å². The van der Waals surface area contributed by atoms with E-state index in [1.54, 1.807) is 0 Å². The van der Waals surface area contributed by atoms with Crippen LogP contribution in [0.1, 0.15) is 21.9 Å². The van der Waals surface area contributed by atoms with Gasteiger partial charge in [-0.1, -0.05) is 0 Å². The van der Waals surface area contributed by atoms with Crippen LogP contribution in [0.15, 0.2) is 10.5 Å². The van der Waals surface area contributed by atoms with E-state index in [1.165, 1.54) is 6.92 Å². The van der Waals surface area contributed by atoms with Crippen molar-refractivity contribution in [2.24, 2.45) is 0 Å². The van der Waals surface area contributed by atoms with Crippen molar-refractivity contribution in [2.45, 2.75) is 13.1 Å². The first-order chi connectivity index (χ1) is 6.36. The van der Waals surface area contributed by atoms with Gasteiger partial charge in [-0.2, -0.15) is 13.2 Å². The Hall–Kier alpha value is -1.46. The van der Waals surface area contributed by atoms with Gasteiger partial charge in [-0.05, 0) is 13.0 Å². The number of carbonyl (C=O) groups is 1. The van der Waals surface area contributed by atoms with Crippen LogP contribution in [0.3, 0.4) is 0 Å². The van der Waals surface area contributed by atoms with Gasteiger partial charge in [-0.3, -0.25) is 0 Å². The lowest BCUT2D eigenvalue weighted by atomic mass is 10.2. The number of hydrogen-bond acceptors (Lipinski definition) is 3. The SMILES string of the molecule is COC(=O)c1cc(C)oc1C(F)(F)F. The van der Waals surface area contributed by atoms with Gasteiger partial charge in [0.05, 0.1) is 7.11 Å². The van der Waals surface area contributed by atoms with Crippen LogP contribution in [0.25, 0.3) is 0 Å². The topological polar surface area (TPSA) is 39.4 Å². The van der Waals surface area contributed by atoms with Gasteiger partial charge in [-0.15, -0.1) is 0 Å². The number of furan rings is 1. The second-order valence-corrected chi connectivity index (χ2v) is 2.59. The zero-order valence-electron chi connectivity index (χ0n) is 7.44. The molecule has 0 spiro atoms. The van der Waals surface area contributed by atoms with Gasteiger partial charge in [-0.25, -0.2) is 4.79 Å². The van der Waals surface area contributed by atoms with Crippen LogP contribution < -0.4 is 0 Å². The van der Waals surface area contributed by atoms with E-state index in [1.807, 2.05) is 0 Å². The maximum absolute atomic E-state index is 12.3. The molecule has 14 heavy (non-hydrogen) atoms. The van der Waals surface area contributed by atoms with Gasteiger partial charge < -0.3 is 9.15 Å². The van der Waals surface area contributed by atoms with Crippen LogP contribution in [-0.4, -0.2) is 13.1 Å².